The first kappa shape index (κ1) is 16.4. The molecule has 0 fully saturated rings. The van der Waals surface area contributed by atoms with Crippen molar-refractivity contribution in [1.29, 1.82) is 5.26 Å². The third-order valence-electron chi connectivity index (χ3n) is 4.22. The Balaban J connectivity index is 2.18. The first-order chi connectivity index (χ1) is 12.0. The molecule has 0 spiro atoms. The summed E-state index contributed by atoms with van der Waals surface area (Å²) >= 11 is 0. The third kappa shape index (κ3) is 2.55. The van der Waals surface area contributed by atoms with Crippen LogP contribution in [-0.2, 0) is 20.5 Å². The van der Waals surface area contributed by atoms with Crippen molar-refractivity contribution in [3.63, 3.8) is 0 Å². The lowest BCUT2D eigenvalue weighted by atomic mass is 9.99. The van der Waals surface area contributed by atoms with Crippen LogP contribution in [-0.4, -0.2) is 35.9 Å². The number of hydrogen-bond donors (Lipinski definition) is 1. The lowest BCUT2D eigenvalue weighted by Gasteiger charge is -2.05. The van der Waals surface area contributed by atoms with Crippen LogP contribution < -0.4 is 0 Å². The van der Waals surface area contributed by atoms with Gasteiger partial charge >= 0.3 is 5.97 Å². The molecule has 0 saturated carbocycles. The largest absolute Gasteiger partial charge is 0.477 e. The van der Waals surface area contributed by atoms with Crippen LogP contribution in [0, 0.1) is 11.3 Å². The number of aromatic nitrogens is 5. The molecule has 0 amide bonds. The van der Waals surface area contributed by atoms with E-state index < -0.39 is 5.97 Å². The van der Waals surface area contributed by atoms with Crippen molar-refractivity contribution in [2.75, 3.05) is 0 Å². The van der Waals surface area contributed by atoms with Gasteiger partial charge in [0, 0.05) is 30.9 Å². The summed E-state index contributed by atoms with van der Waals surface area (Å²) in [6.45, 7) is 1.90. The van der Waals surface area contributed by atoms with Crippen molar-refractivity contribution < 1.29 is 9.90 Å². The molecule has 0 radical (unpaired) electrons. The zero-order valence-electron chi connectivity index (χ0n) is 14.1. The molecule has 1 N–H and O–H groups in total. The highest BCUT2D eigenvalue weighted by molar-refractivity contribution is 5.97. The van der Waals surface area contributed by atoms with Gasteiger partial charge in [0.05, 0.1) is 5.56 Å². The molecular weight excluding hydrogens is 320 g/mol. The van der Waals surface area contributed by atoms with E-state index in [2.05, 4.69) is 21.6 Å². The van der Waals surface area contributed by atoms with Crippen molar-refractivity contribution in [1.82, 2.24) is 24.8 Å². The Bertz CT molecular complexity index is 992. The van der Waals surface area contributed by atoms with Gasteiger partial charge in [-0.3, -0.25) is 0 Å². The van der Waals surface area contributed by atoms with Crippen molar-refractivity contribution >= 4 is 5.97 Å². The smallest absolute Gasteiger partial charge is 0.353 e. The van der Waals surface area contributed by atoms with E-state index >= 15 is 0 Å². The minimum atomic E-state index is -1.06. The Labute approximate surface area is 143 Å². The van der Waals surface area contributed by atoms with E-state index in [1.165, 1.54) is 0 Å². The second-order valence-electron chi connectivity index (χ2n) is 5.58. The molecule has 0 aliphatic heterocycles. The maximum absolute atomic E-state index is 11.8. The lowest BCUT2D eigenvalue weighted by Crippen LogP contribution is -2.07. The minimum Gasteiger partial charge on any atom is -0.477 e. The van der Waals surface area contributed by atoms with Gasteiger partial charge < -0.3 is 9.67 Å². The first-order valence-corrected chi connectivity index (χ1v) is 7.67. The Morgan fingerprint density at radius 3 is 2.36 bits per heavy atom. The molecule has 0 aliphatic rings. The molecule has 0 atom stereocenters. The topological polar surface area (TPSA) is 110 Å². The van der Waals surface area contributed by atoms with Gasteiger partial charge in [-0.25, -0.2) is 9.48 Å². The fourth-order valence-corrected chi connectivity index (χ4v) is 3.06. The standard InChI is InChI=1S/C17H16N6O2/c1-4-13-12(9-18)14(15(17(24)25)22(13)2)10-5-7-11(8-6-10)16-19-20-21-23(16)3/h5-8H,4H2,1-3H3,(H,24,25). The van der Waals surface area contributed by atoms with Crippen molar-refractivity contribution in [3.05, 3.63) is 41.2 Å². The average Bonchev–Trinajstić information content (AvgIpc) is 3.15. The van der Waals surface area contributed by atoms with Gasteiger partial charge in [-0.2, -0.15) is 5.26 Å². The highest BCUT2D eigenvalue weighted by atomic mass is 16.4. The fourth-order valence-electron chi connectivity index (χ4n) is 3.06. The maximum Gasteiger partial charge on any atom is 0.353 e. The highest BCUT2D eigenvalue weighted by Crippen LogP contribution is 2.33. The Hall–Kier alpha value is -3.47. The van der Waals surface area contributed by atoms with E-state index in [0.29, 0.717) is 34.6 Å². The molecule has 0 bridgehead atoms. The number of carbonyl (C=O) groups is 1. The van der Waals surface area contributed by atoms with Crippen LogP contribution in [0.4, 0.5) is 0 Å². The average molecular weight is 336 g/mol. The van der Waals surface area contributed by atoms with Crippen LogP contribution in [0.25, 0.3) is 22.5 Å². The van der Waals surface area contributed by atoms with Crippen molar-refractivity contribution in [2.24, 2.45) is 14.1 Å². The van der Waals surface area contributed by atoms with E-state index in [4.69, 9.17) is 0 Å². The number of hydrogen-bond acceptors (Lipinski definition) is 5. The lowest BCUT2D eigenvalue weighted by molar-refractivity contribution is 0.0687. The summed E-state index contributed by atoms with van der Waals surface area (Å²) in [6.07, 6.45) is 0.572. The Kier molecular flexibility index (Phi) is 4.07. The number of aromatic carboxylic acids is 1. The monoisotopic (exact) mass is 336 g/mol. The predicted molar refractivity (Wildman–Crippen MR) is 89.7 cm³/mol. The van der Waals surface area contributed by atoms with Crippen LogP contribution >= 0.6 is 0 Å². The quantitative estimate of drug-likeness (QED) is 0.780. The van der Waals surface area contributed by atoms with Crippen LogP contribution in [0.2, 0.25) is 0 Å². The Morgan fingerprint density at radius 1 is 1.24 bits per heavy atom. The molecular formula is C17H16N6O2. The van der Waals surface area contributed by atoms with E-state index in [9.17, 15) is 15.2 Å². The number of rotatable bonds is 4. The van der Waals surface area contributed by atoms with E-state index in [-0.39, 0.29) is 5.69 Å². The summed E-state index contributed by atoms with van der Waals surface area (Å²) in [6, 6.07) is 9.35. The highest BCUT2D eigenvalue weighted by Gasteiger charge is 2.25. The van der Waals surface area contributed by atoms with Gasteiger partial charge in [0.2, 0.25) is 0 Å². The number of aryl methyl sites for hydroxylation is 1. The van der Waals surface area contributed by atoms with Crippen LogP contribution in [0.1, 0.15) is 28.7 Å². The van der Waals surface area contributed by atoms with Crippen LogP contribution in [0.15, 0.2) is 24.3 Å². The molecule has 25 heavy (non-hydrogen) atoms. The summed E-state index contributed by atoms with van der Waals surface area (Å²) in [5.74, 6) is -0.455. The number of carboxylic acids is 1. The molecule has 1 aromatic carbocycles. The SMILES string of the molecule is CCc1c(C#N)c(-c2ccc(-c3nnnn3C)cc2)c(C(=O)O)n1C. The molecule has 126 valence electrons. The van der Waals surface area contributed by atoms with Gasteiger partial charge in [0.1, 0.15) is 11.8 Å². The number of tetrazole rings is 1. The van der Waals surface area contributed by atoms with Gasteiger partial charge in [0.25, 0.3) is 0 Å². The second kappa shape index (κ2) is 6.20. The molecule has 2 aromatic heterocycles. The second-order valence-corrected chi connectivity index (χ2v) is 5.58. The number of nitriles is 1. The zero-order valence-corrected chi connectivity index (χ0v) is 14.1. The number of benzene rings is 1. The molecule has 2 heterocycles. The molecule has 0 saturated heterocycles. The fraction of sp³-hybridized carbons (Fsp3) is 0.235. The van der Waals surface area contributed by atoms with Crippen molar-refractivity contribution in [3.8, 4) is 28.6 Å². The van der Waals surface area contributed by atoms with Crippen LogP contribution in [0.5, 0.6) is 0 Å². The third-order valence-corrected chi connectivity index (χ3v) is 4.22. The van der Waals surface area contributed by atoms with E-state index in [1.807, 2.05) is 19.1 Å². The summed E-state index contributed by atoms with van der Waals surface area (Å²) < 4.78 is 3.13. The van der Waals surface area contributed by atoms with Crippen molar-refractivity contribution in [2.45, 2.75) is 13.3 Å². The molecule has 3 rings (SSSR count). The summed E-state index contributed by atoms with van der Waals surface area (Å²) in [4.78, 5) is 11.8. The zero-order chi connectivity index (χ0) is 18.1. The van der Waals surface area contributed by atoms with Gasteiger partial charge in [-0.15, -0.1) is 5.10 Å². The van der Waals surface area contributed by atoms with Crippen LogP contribution in [0.3, 0.4) is 0 Å². The summed E-state index contributed by atoms with van der Waals surface area (Å²) in [7, 11) is 3.41. The molecule has 3 aromatic rings. The Morgan fingerprint density at radius 2 is 1.88 bits per heavy atom. The molecule has 8 nitrogen and oxygen atoms in total. The molecule has 8 heteroatoms. The predicted octanol–water partition coefficient (Wildman–Crippen LogP) is 2.01. The van der Waals surface area contributed by atoms with Gasteiger partial charge in [0.15, 0.2) is 5.82 Å². The maximum atomic E-state index is 11.8. The molecule has 0 unspecified atom stereocenters. The van der Waals surface area contributed by atoms with E-state index in [0.717, 1.165) is 5.56 Å². The minimum absolute atomic E-state index is 0.112. The number of nitrogens with zero attached hydrogens (tertiary/aromatic N) is 6. The summed E-state index contributed by atoms with van der Waals surface area (Å²) in [5, 5.41) is 30.5. The summed E-state index contributed by atoms with van der Waals surface area (Å²) in [5.41, 5.74) is 3.13. The normalized spacial score (nSPS) is 10.6. The first-order valence-electron chi connectivity index (χ1n) is 7.67. The number of carboxylic acid groups (broad SMARTS) is 1. The van der Waals surface area contributed by atoms with Gasteiger partial charge in [-0.1, -0.05) is 31.2 Å². The van der Waals surface area contributed by atoms with Gasteiger partial charge in [-0.05, 0) is 22.4 Å². The molecule has 0 aliphatic carbocycles. The van der Waals surface area contributed by atoms with E-state index in [1.54, 1.807) is 35.5 Å².